The Hall–Kier alpha value is -0.790. The van der Waals surface area contributed by atoms with Gasteiger partial charge in [-0.05, 0) is 12.8 Å². The smallest absolute Gasteiger partial charge is 0.241 e. The third-order valence-electron chi connectivity index (χ3n) is 4.31. The maximum Gasteiger partial charge on any atom is 0.241 e. The molecule has 1 rings (SSSR count). The fourth-order valence-electron chi connectivity index (χ4n) is 2.85. The van der Waals surface area contributed by atoms with Gasteiger partial charge < -0.3 is 0 Å². The third kappa shape index (κ3) is 9.71. The van der Waals surface area contributed by atoms with Crippen LogP contribution in [0.15, 0.2) is 12.5 Å². The summed E-state index contributed by atoms with van der Waals surface area (Å²) in [5.74, 6) is 0. The number of imidazole rings is 1. The predicted molar refractivity (Wildman–Crippen MR) is 91.4 cm³/mol. The molecule has 0 fully saturated rings. The Kier molecular flexibility index (Phi) is 11.2. The van der Waals surface area contributed by atoms with Crippen molar-refractivity contribution in [1.82, 2.24) is 4.98 Å². The fourth-order valence-corrected chi connectivity index (χ4v) is 2.85. The molecular weight excluding hydrogens is 256 g/mol. The highest BCUT2D eigenvalue weighted by atomic mass is 15.0. The zero-order valence-electron chi connectivity index (χ0n) is 14.5. The van der Waals surface area contributed by atoms with Gasteiger partial charge in [-0.2, -0.15) is 0 Å². The van der Waals surface area contributed by atoms with E-state index in [-0.39, 0.29) is 0 Å². The van der Waals surface area contributed by atoms with Gasteiger partial charge in [-0.1, -0.05) is 78.1 Å². The summed E-state index contributed by atoms with van der Waals surface area (Å²) in [6.07, 6.45) is 22.4. The van der Waals surface area contributed by atoms with E-state index in [1.807, 2.05) is 0 Å². The van der Waals surface area contributed by atoms with E-state index in [0.29, 0.717) is 0 Å². The lowest BCUT2D eigenvalue weighted by Gasteiger charge is -2.01. The molecule has 0 saturated heterocycles. The van der Waals surface area contributed by atoms with E-state index in [4.69, 9.17) is 0 Å². The molecule has 1 aromatic heterocycles. The van der Waals surface area contributed by atoms with Crippen molar-refractivity contribution in [3.8, 4) is 0 Å². The Morgan fingerprint density at radius 3 is 1.95 bits per heavy atom. The van der Waals surface area contributed by atoms with Crippen molar-refractivity contribution in [2.24, 2.45) is 0 Å². The Morgan fingerprint density at radius 1 is 0.762 bits per heavy atom. The molecule has 0 aromatic carbocycles. The molecule has 0 aliphatic carbocycles. The summed E-state index contributed by atoms with van der Waals surface area (Å²) < 4.78 is 2.30. The Morgan fingerprint density at radius 2 is 1.33 bits per heavy atom. The molecule has 0 atom stereocenters. The standard InChI is InChI=1S/C19H36N2/c1-3-5-7-8-9-10-11-12-13-14-15-19-17-21(18-20-19)16-6-4-2/h17-18H,3-16H2,1-2H3/p+1. The van der Waals surface area contributed by atoms with E-state index in [9.17, 15) is 0 Å². The number of nitrogens with zero attached hydrogens (tertiary/aromatic N) is 1. The van der Waals surface area contributed by atoms with Gasteiger partial charge in [0, 0.05) is 6.42 Å². The molecule has 0 amide bonds. The van der Waals surface area contributed by atoms with Crippen LogP contribution in [0.2, 0.25) is 0 Å². The largest absolute Gasteiger partial charge is 0.248 e. The minimum atomic E-state index is 1.16. The first kappa shape index (κ1) is 18.3. The second-order valence-electron chi connectivity index (χ2n) is 6.45. The zero-order valence-corrected chi connectivity index (χ0v) is 14.5. The highest BCUT2D eigenvalue weighted by Crippen LogP contribution is 2.11. The van der Waals surface area contributed by atoms with Crippen molar-refractivity contribution in [2.45, 2.75) is 104 Å². The molecule has 1 N–H and O–H groups in total. The molecule has 0 aliphatic rings. The molecule has 0 aliphatic heterocycles. The molecule has 0 bridgehead atoms. The molecule has 2 heteroatoms. The molecule has 1 heterocycles. The van der Waals surface area contributed by atoms with Crippen LogP contribution in [0, 0.1) is 0 Å². The lowest BCUT2D eigenvalue weighted by molar-refractivity contribution is -0.696. The molecule has 2 nitrogen and oxygen atoms in total. The predicted octanol–water partition coefficient (Wildman–Crippen LogP) is 5.57. The van der Waals surface area contributed by atoms with Crippen LogP contribution >= 0.6 is 0 Å². The summed E-state index contributed by atoms with van der Waals surface area (Å²) in [5.41, 5.74) is 1.41. The average molecular weight is 294 g/mol. The number of nitrogens with one attached hydrogen (secondary N) is 1. The van der Waals surface area contributed by atoms with Gasteiger partial charge in [-0.3, -0.25) is 0 Å². The van der Waals surface area contributed by atoms with Crippen LogP contribution in [-0.2, 0) is 13.0 Å². The maximum absolute atomic E-state index is 3.41. The van der Waals surface area contributed by atoms with Gasteiger partial charge in [0.05, 0.1) is 6.54 Å². The van der Waals surface area contributed by atoms with E-state index >= 15 is 0 Å². The first-order valence-electron chi connectivity index (χ1n) is 9.43. The number of aromatic amines is 1. The van der Waals surface area contributed by atoms with Gasteiger partial charge in [0.2, 0.25) is 6.33 Å². The van der Waals surface area contributed by atoms with Gasteiger partial charge in [0.25, 0.3) is 0 Å². The Balaban J connectivity index is 1.91. The highest BCUT2D eigenvalue weighted by Gasteiger charge is 2.04. The molecular formula is C19H37N2+. The van der Waals surface area contributed by atoms with E-state index in [1.165, 1.54) is 89.2 Å². The van der Waals surface area contributed by atoms with Crippen molar-refractivity contribution < 1.29 is 4.57 Å². The van der Waals surface area contributed by atoms with Crippen molar-refractivity contribution in [3.05, 3.63) is 18.2 Å². The SMILES string of the molecule is CCCCCCCCCCCCc1c[n+](CCCC)c[nH]1. The molecule has 21 heavy (non-hydrogen) atoms. The normalized spacial score (nSPS) is 11.1. The van der Waals surface area contributed by atoms with Crippen LogP contribution in [0.5, 0.6) is 0 Å². The summed E-state index contributed by atoms with van der Waals surface area (Å²) in [6.45, 7) is 5.69. The second kappa shape index (κ2) is 12.9. The number of aryl methyl sites for hydroxylation is 2. The number of hydrogen-bond donors (Lipinski definition) is 1. The van der Waals surface area contributed by atoms with Gasteiger partial charge in [-0.15, -0.1) is 0 Å². The van der Waals surface area contributed by atoms with E-state index in [0.717, 1.165) is 6.54 Å². The minimum Gasteiger partial charge on any atom is -0.248 e. The minimum absolute atomic E-state index is 1.16. The van der Waals surface area contributed by atoms with Crippen LogP contribution < -0.4 is 4.57 Å². The number of rotatable bonds is 14. The van der Waals surface area contributed by atoms with E-state index in [1.54, 1.807) is 0 Å². The monoisotopic (exact) mass is 293 g/mol. The maximum atomic E-state index is 3.41. The molecule has 0 radical (unpaired) electrons. The second-order valence-corrected chi connectivity index (χ2v) is 6.45. The summed E-state index contributed by atoms with van der Waals surface area (Å²) in [5, 5.41) is 0. The van der Waals surface area contributed by atoms with Crippen LogP contribution in [-0.4, -0.2) is 4.98 Å². The lowest BCUT2D eigenvalue weighted by Crippen LogP contribution is -2.30. The summed E-state index contributed by atoms with van der Waals surface area (Å²) in [4.78, 5) is 3.41. The number of H-pyrrole nitrogens is 1. The van der Waals surface area contributed by atoms with Crippen molar-refractivity contribution >= 4 is 0 Å². The summed E-state index contributed by atoms with van der Waals surface area (Å²) in [6, 6.07) is 0. The lowest BCUT2D eigenvalue weighted by atomic mass is 10.1. The summed E-state index contributed by atoms with van der Waals surface area (Å²) in [7, 11) is 0. The number of unbranched alkanes of at least 4 members (excludes halogenated alkanes) is 10. The highest BCUT2D eigenvalue weighted by molar-refractivity contribution is 4.89. The van der Waals surface area contributed by atoms with Crippen molar-refractivity contribution in [1.29, 1.82) is 0 Å². The first-order chi connectivity index (χ1) is 10.4. The van der Waals surface area contributed by atoms with Gasteiger partial charge in [-0.25, -0.2) is 9.55 Å². The third-order valence-corrected chi connectivity index (χ3v) is 4.31. The van der Waals surface area contributed by atoms with Crippen LogP contribution in [0.4, 0.5) is 0 Å². The number of hydrogen-bond acceptors (Lipinski definition) is 0. The average Bonchev–Trinajstić information content (AvgIpc) is 2.95. The molecule has 122 valence electrons. The van der Waals surface area contributed by atoms with Crippen LogP contribution in [0.25, 0.3) is 0 Å². The van der Waals surface area contributed by atoms with Crippen LogP contribution in [0.3, 0.4) is 0 Å². The van der Waals surface area contributed by atoms with Crippen LogP contribution in [0.1, 0.15) is 96.6 Å². The van der Waals surface area contributed by atoms with Gasteiger partial charge in [0.1, 0.15) is 11.9 Å². The van der Waals surface area contributed by atoms with E-state index in [2.05, 4.69) is 35.9 Å². The zero-order chi connectivity index (χ0) is 15.2. The Labute approximate surface area is 132 Å². The molecule has 0 spiro atoms. The molecule has 0 saturated carbocycles. The van der Waals surface area contributed by atoms with Crippen molar-refractivity contribution in [3.63, 3.8) is 0 Å². The Bertz CT molecular complexity index is 330. The summed E-state index contributed by atoms with van der Waals surface area (Å²) >= 11 is 0. The fraction of sp³-hybridized carbons (Fsp3) is 0.842. The van der Waals surface area contributed by atoms with Gasteiger partial charge >= 0.3 is 0 Å². The topological polar surface area (TPSA) is 19.7 Å². The van der Waals surface area contributed by atoms with Gasteiger partial charge in [0.15, 0.2) is 0 Å². The van der Waals surface area contributed by atoms with Crippen molar-refractivity contribution in [2.75, 3.05) is 0 Å². The quantitative estimate of drug-likeness (QED) is 0.342. The molecule has 0 unspecified atom stereocenters. The van der Waals surface area contributed by atoms with E-state index < -0.39 is 0 Å². The number of aromatic nitrogens is 2. The first-order valence-corrected chi connectivity index (χ1v) is 9.43. The molecule has 1 aromatic rings.